The van der Waals surface area contributed by atoms with Crippen LogP contribution in [0.1, 0.15) is 26.2 Å². The van der Waals surface area contributed by atoms with Crippen molar-refractivity contribution < 1.29 is 4.74 Å². The van der Waals surface area contributed by atoms with Crippen molar-refractivity contribution in [2.24, 2.45) is 0 Å². The van der Waals surface area contributed by atoms with Crippen molar-refractivity contribution in [1.29, 1.82) is 0 Å². The minimum Gasteiger partial charge on any atom is -0.382 e. The van der Waals surface area contributed by atoms with Gasteiger partial charge in [0.2, 0.25) is 0 Å². The van der Waals surface area contributed by atoms with E-state index >= 15 is 0 Å². The molecule has 2 rings (SSSR count). The fraction of sp³-hybridized carbons (Fsp3) is 0.714. The largest absolute Gasteiger partial charge is 0.382 e. The zero-order valence-corrected chi connectivity index (χ0v) is 13.2. The maximum absolute atomic E-state index is 11.8. The molecule has 1 saturated heterocycles. The monoisotopic (exact) mass is 314 g/mol. The highest BCUT2D eigenvalue weighted by Gasteiger charge is 2.12. The number of aromatic nitrogens is 2. The molecule has 1 aliphatic rings. The van der Waals surface area contributed by atoms with Crippen LogP contribution >= 0.6 is 11.6 Å². The molecule has 1 aliphatic heterocycles. The molecule has 2 N–H and O–H groups in total. The Morgan fingerprint density at radius 1 is 1.52 bits per heavy atom. The van der Waals surface area contributed by atoms with Crippen molar-refractivity contribution in [2.75, 3.05) is 31.6 Å². The molecule has 0 bridgehead atoms. The van der Waals surface area contributed by atoms with Crippen LogP contribution in [0.3, 0.4) is 0 Å². The summed E-state index contributed by atoms with van der Waals surface area (Å²) in [6.07, 6.45) is 5.01. The van der Waals surface area contributed by atoms with Crippen LogP contribution in [0.2, 0.25) is 5.02 Å². The molecule has 0 atom stereocenters. The number of ether oxygens (including phenoxy) is 1. The van der Waals surface area contributed by atoms with Gasteiger partial charge < -0.3 is 15.4 Å². The second-order valence-electron chi connectivity index (χ2n) is 5.09. The summed E-state index contributed by atoms with van der Waals surface area (Å²) in [6, 6.07) is 0. The van der Waals surface area contributed by atoms with E-state index in [2.05, 4.69) is 15.7 Å². The number of nitrogens with zero attached hydrogens (tertiary/aromatic N) is 2. The predicted octanol–water partition coefficient (Wildman–Crippen LogP) is 1.49. The average Bonchev–Trinajstić information content (AvgIpc) is 2.52. The van der Waals surface area contributed by atoms with E-state index in [1.807, 2.05) is 6.92 Å². The van der Waals surface area contributed by atoms with Crippen LogP contribution in [-0.4, -0.2) is 42.1 Å². The molecule has 0 aliphatic carbocycles. The molecule has 1 aromatic rings. The average molecular weight is 315 g/mol. The molecule has 1 aromatic heterocycles. The van der Waals surface area contributed by atoms with Gasteiger partial charge in [-0.05, 0) is 39.3 Å². The third-order valence-electron chi connectivity index (χ3n) is 3.56. The van der Waals surface area contributed by atoms with Crippen LogP contribution in [0.4, 0.5) is 5.69 Å². The Bertz CT molecular complexity index is 500. The van der Waals surface area contributed by atoms with E-state index in [4.69, 9.17) is 16.3 Å². The van der Waals surface area contributed by atoms with Crippen LogP contribution in [0.5, 0.6) is 0 Å². The van der Waals surface area contributed by atoms with Crippen molar-refractivity contribution in [3.63, 3.8) is 0 Å². The first kappa shape index (κ1) is 16.3. The van der Waals surface area contributed by atoms with E-state index in [-0.39, 0.29) is 10.6 Å². The Labute approximate surface area is 129 Å². The number of piperidine rings is 1. The first-order valence-corrected chi connectivity index (χ1v) is 7.92. The van der Waals surface area contributed by atoms with E-state index in [0.717, 1.165) is 39.0 Å². The quantitative estimate of drug-likeness (QED) is 0.746. The molecule has 0 amide bonds. The number of hydrogen-bond donors (Lipinski definition) is 2. The van der Waals surface area contributed by atoms with E-state index in [1.54, 1.807) is 6.20 Å². The van der Waals surface area contributed by atoms with Gasteiger partial charge in [-0.25, -0.2) is 4.68 Å². The number of hydrogen-bond acceptors (Lipinski definition) is 5. The van der Waals surface area contributed by atoms with Crippen LogP contribution in [-0.2, 0) is 11.3 Å². The molecule has 0 spiro atoms. The Morgan fingerprint density at radius 3 is 3.00 bits per heavy atom. The molecule has 0 unspecified atom stereocenters. The maximum atomic E-state index is 11.8. The van der Waals surface area contributed by atoms with E-state index in [0.29, 0.717) is 24.9 Å². The highest BCUT2D eigenvalue weighted by atomic mass is 35.5. The molecule has 118 valence electrons. The van der Waals surface area contributed by atoms with Crippen LogP contribution in [0, 0.1) is 0 Å². The summed E-state index contributed by atoms with van der Waals surface area (Å²) in [7, 11) is 0. The third kappa shape index (κ3) is 4.69. The summed E-state index contributed by atoms with van der Waals surface area (Å²) < 4.78 is 7.16. The number of anilines is 1. The lowest BCUT2D eigenvalue weighted by Gasteiger charge is -2.22. The maximum Gasteiger partial charge on any atom is 0.287 e. The zero-order chi connectivity index (χ0) is 15.1. The standard InChI is InChI=1S/C14H23ClN4O2/c1-2-19-14(20)13(15)12(10-18-19)17-6-3-9-21-11-4-7-16-8-5-11/h10-11,16-17H,2-9H2,1H3. The Morgan fingerprint density at radius 2 is 2.29 bits per heavy atom. The molecule has 21 heavy (non-hydrogen) atoms. The lowest BCUT2D eigenvalue weighted by atomic mass is 10.1. The minimum atomic E-state index is -0.255. The lowest BCUT2D eigenvalue weighted by Crippen LogP contribution is -2.32. The van der Waals surface area contributed by atoms with Crippen LogP contribution in [0.15, 0.2) is 11.0 Å². The SMILES string of the molecule is CCn1ncc(NCCCOC2CCNCC2)c(Cl)c1=O. The predicted molar refractivity (Wildman–Crippen MR) is 84.1 cm³/mol. The van der Waals surface area contributed by atoms with Crippen molar-refractivity contribution in [2.45, 2.75) is 38.8 Å². The summed E-state index contributed by atoms with van der Waals surface area (Å²) in [6.45, 7) is 5.88. The van der Waals surface area contributed by atoms with Crippen molar-refractivity contribution >= 4 is 17.3 Å². The van der Waals surface area contributed by atoms with Gasteiger partial charge in [0.05, 0.1) is 18.0 Å². The fourth-order valence-corrected chi connectivity index (χ4v) is 2.53. The number of rotatable bonds is 7. The van der Waals surface area contributed by atoms with Gasteiger partial charge in [0.15, 0.2) is 0 Å². The molecule has 6 nitrogen and oxygen atoms in total. The summed E-state index contributed by atoms with van der Waals surface area (Å²) in [5.41, 5.74) is 0.336. The van der Waals surface area contributed by atoms with Crippen molar-refractivity contribution in [1.82, 2.24) is 15.1 Å². The smallest absolute Gasteiger partial charge is 0.287 e. The fourth-order valence-electron chi connectivity index (χ4n) is 2.32. The summed E-state index contributed by atoms with van der Waals surface area (Å²) in [5, 5.41) is 10.7. The summed E-state index contributed by atoms with van der Waals surface area (Å²) in [4.78, 5) is 11.8. The number of halogens is 1. The number of nitrogens with one attached hydrogen (secondary N) is 2. The van der Waals surface area contributed by atoms with Gasteiger partial charge in [-0.1, -0.05) is 11.6 Å². The van der Waals surface area contributed by atoms with E-state index in [1.165, 1.54) is 4.68 Å². The topological polar surface area (TPSA) is 68.2 Å². The van der Waals surface area contributed by atoms with Crippen LogP contribution < -0.4 is 16.2 Å². The minimum absolute atomic E-state index is 0.200. The van der Waals surface area contributed by atoms with Gasteiger partial charge >= 0.3 is 0 Å². The second-order valence-corrected chi connectivity index (χ2v) is 5.47. The molecular formula is C14H23ClN4O2. The Balaban J connectivity index is 1.71. The molecular weight excluding hydrogens is 292 g/mol. The van der Waals surface area contributed by atoms with Gasteiger partial charge in [0.25, 0.3) is 5.56 Å². The Hall–Kier alpha value is -1.11. The first-order valence-electron chi connectivity index (χ1n) is 7.54. The van der Waals surface area contributed by atoms with Crippen molar-refractivity contribution in [3.05, 3.63) is 21.6 Å². The highest BCUT2D eigenvalue weighted by Crippen LogP contribution is 2.15. The molecule has 1 fully saturated rings. The second kappa shape index (κ2) is 8.36. The van der Waals surface area contributed by atoms with E-state index in [9.17, 15) is 4.79 Å². The molecule has 0 saturated carbocycles. The summed E-state index contributed by atoms with van der Waals surface area (Å²) >= 11 is 6.04. The molecule has 0 radical (unpaired) electrons. The van der Waals surface area contributed by atoms with Gasteiger partial charge in [0, 0.05) is 19.7 Å². The van der Waals surface area contributed by atoms with Crippen LogP contribution in [0.25, 0.3) is 0 Å². The molecule has 0 aromatic carbocycles. The highest BCUT2D eigenvalue weighted by molar-refractivity contribution is 6.32. The van der Waals surface area contributed by atoms with Gasteiger partial charge in [-0.3, -0.25) is 4.79 Å². The third-order valence-corrected chi connectivity index (χ3v) is 3.93. The lowest BCUT2D eigenvalue weighted by molar-refractivity contribution is 0.0329. The Kier molecular flexibility index (Phi) is 6.48. The number of aryl methyl sites for hydroxylation is 1. The molecule has 7 heteroatoms. The van der Waals surface area contributed by atoms with Gasteiger partial charge in [0.1, 0.15) is 5.02 Å². The van der Waals surface area contributed by atoms with Gasteiger partial charge in [-0.2, -0.15) is 5.10 Å². The molecule has 2 heterocycles. The van der Waals surface area contributed by atoms with Crippen molar-refractivity contribution in [3.8, 4) is 0 Å². The zero-order valence-electron chi connectivity index (χ0n) is 12.4. The van der Waals surface area contributed by atoms with E-state index < -0.39 is 0 Å². The van der Waals surface area contributed by atoms with Gasteiger partial charge in [-0.15, -0.1) is 0 Å². The first-order chi connectivity index (χ1) is 10.2. The summed E-state index contributed by atoms with van der Waals surface area (Å²) in [5.74, 6) is 0. The normalized spacial score (nSPS) is 16.1.